The summed E-state index contributed by atoms with van der Waals surface area (Å²) in [5.41, 5.74) is -0.0155. The maximum Gasteiger partial charge on any atom is 0.573 e. The van der Waals surface area contributed by atoms with E-state index in [1.54, 1.807) is 18.5 Å². The van der Waals surface area contributed by atoms with E-state index < -0.39 is 29.5 Å². The molecule has 158 valence electrons. The molecule has 0 radical (unpaired) electrons. The first-order valence-electron chi connectivity index (χ1n) is 8.35. The van der Waals surface area contributed by atoms with E-state index in [0.717, 1.165) is 25.4 Å². The van der Waals surface area contributed by atoms with Gasteiger partial charge in [-0.05, 0) is 19.1 Å². The molecule has 2 aromatic heterocycles. The maximum atomic E-state index is 14.2. The molecule has 2 heterocycles. The van der Waals surface area contributed by atoms with Gasteiger partial charge in [0.2, 0.25) is 5.95 Å². The van der Waals surface area contributed by atoms with Gasteiger partial charge in [-0.2, -0.15) is 0 Å². The van der Waals surface area contributed by atoms with E-state index in [1.165, 1.54) is 12.3 Å². The van der Waals surface area contributed by atoms with Crippen LogP contribution in [0.5, 0.6) is 5.75 Å². The minimum atomic E-state index is -5.03. The summed E-state index contributed by atoms with van der Waals surface area (Å²) in [4.78, 5) is 23.6. The van der Waals surface area contributed by atoms with Crippen LogP contribution in [-0.4, -0.2) is 39.0 Å². The summed E-state index contributed by atoms with van der Waals surface area (Å²) < 4.78 is 62.3. The van der Waals surface area contributed by atoms with Crippen molar-refractivity contribution in [3.05, 3.63) is 47.8 Å². The lowest BCUT2D eigenvalue weighted by Gasteiger charge is -2.14. The van der Waals surface area contributed by atoms with Crippen LogP contribution in [0, 0.1) is 12.7 Å². The van der Waals surface area contributed by atoms with Crippen LogP contribution < -0.4 is 10.1 Å². The molecule has 0 bridgehead atoms. The van der Waals surface area contributed by atoms with Crippen molar-refractivity contribution in [1.82, 2.24) is 19.5 Å². The van der Waals surface area contributed by atoms with Gasteiger partial charge in [0.1, 0.15) is 22.8 Å². The number of esters is 1. The van der Waals surface area contributed by atoms with Crippen molar-refractivity contribution in [3.8, 4) is 17.1 Å². The summed E-state index contributed by atoms with van der Waals surface area (Å²) in [6.45, 7) is 1.73. The summed E-state index contributed by atoms with van der Waals surface area (Å²) in [6.07, 6.45) is -2.67. The third-order valence-electron chi connectivity index (χ3n) is 4.08. The van der Waals surface area contributed by atoms with Crippen molar-refractivity contribution in [2.45, 2.75) is 13.3 Å². The Morgan fingerprint density at radius 1 is 1.20 bits per heavy atom. The molecule has 0 aliphatic heterocycles. The number of carbonyl (C=O) groups is 1. The smallest absolute Gasteiger partial charge is 0.465 e. The molecule has 0 unspecified atom stereocenters. The number of carbonyl (C=O) groups excluding carboxylic acids is 1. The Balaban J connectivity index is 1.96. The summed E-state index contributed by atoms with van der Waals surface area (Å²) >= 11 is 0. The number of hydrogen-bond acceptors (Lipinski definition) is 7. The van der Waals surface area contributed by atoms with Crippen LogP contribution in [0.2, 0.25) is 0 Å². The van der Waals surface area contributed by atoms with E-state index in [-0.39, 0.29) is 17.3 Å². The number of nitrogens with zero attached hydrogens (tertiary/aromatic N) is 4. The second-order valence-electron chi connectivity index (χ2n) is 6.02. The van der Waals surface area contributed by atoms with Gasteiger partial charge in [-0.1, -0.05) is 0 Å². The molecular formula is C18H15F4N5O3. The minimum absolute atomic E-state index is 0.0476. The van der Waals surface area contributed by atoms with Crippen LogP contribution in [0.15, 0.2) is 30.6 Å². The number of imidazole rings is 1. The van der Waals surface area contributed by atoms with Gasteiger partial charge < -0.3 is 19.4 Å². The molecule has 0 saturated carbocycles. The van der Waals surface area contributed by atoms with Gasteiger partial charge in [-0.15, -0.1) is 13.2 Å². The molecule has 0 amide bonds. The number of nitrogens with one attached hydrogen (secondary N) is 1. The number of benzene rings is 1. The Kier molecular flexibility index (Phi) is 5.58. The molecule has 0 aliphatic rings. The van der Waals surface area contributed by atoms with E-state index in [0.29, 0.717) is 11.5 Å². The Morgan fingerprint density at radius 3 is 2.53 bits per heavy atom. The van der Waals surface area contributed by atoms with Crippen molar-refractivity contribution in [2.24, 2.45) is 7.05 Å². The molecule has 0 fully saturated rings. The van der Waals surface area contributed by atoms with Crippen molar-refractivity contribution in [1.29, 1.82) is 0 Å². The Morgan fingerprint density at radius 2 is 1.93 bits per heavy atom. The zero-order valence-corrected chi connectivity index (χ0v) is 15.9. The lowest BCUT2D eigenvalue weighted by atomic mass is 10.2. The molecule has 0 aliphatic carbocycles. The molecule has 3 aromatic rings. The highest BCUT2D eigenvalue weighted by molar-refractivity contribution is 5.93. The number of methoxy groups -OCH3 is 1. The molecule has 12 heteroatoms. The van der Waals surface area contributed by atoms with Gasteiger partial charge in [0.15, 0.2) is 5.82 Å². The van der Waals surface area contributed by atoms with Gasteiger partial charge >= 0.3 is 12.3 Å². The van der Waals surface area contributed by atoms with E-state index in [4.69, 9.17) is 0 Å². The fourth-order valence-corrected chi connectivity index (χ4v) is 2.55. The Labute approximate surface area is 167 Å². The van der Waals surface area contributed by atoms with E-state index in [2.05, 4.69) is 29.7 Å². The van der Waals surface area contributed by atoms with E-state index in [1.807, 2.05) is 0 Å². The molecule has 1 N–H and O–H groups in total. The van der Waals surface area contributed by atoms with E-state index >= 15 is 0 Å². The monoisotopic (exact) mass is 425 g/mol. The van der Waals surface area contributed by atoms with Crippen molar-refractivity contribution < 1.29 is 31.8 Å². The average molecular weight is 425 g/mol. The van der Waals surface area contributed by atoms with Gasteiger partial charge in [-0.25, -0.2) is 24.1 Å². The zero-order chi connectivity index (χ0) is 22.1. The second-order valence-corrected chi connectivity index (χ2v) is 6.02. The van der Waals surface area contributed by atoms with Crippen LogP contribution in [0.1, 0.15) is 16.2 Å². The topological polar surface area (TPSA) is 91.2 Å². The summed E-state index contributed by atoms with van der Waals surface area (Å²) in [5, 5.41) is 2.66. The number of rotatable bonds is 5. The quantitative estimate of drug-likeness (QED) is 0.492. The SMILES string of the molecule is COC(=O)c1ccc(Nc2ncc(F)c(-c3cnc(C)n3C)n2)cc1OC(F)(F)F. The van der Waals surface area contributed by atoms with E-state index in [9.17, 15) is 22.4 Å². The number of aromatic nitrogens is 4. The first-order valence-corrected chi connectivity index (χ1v) is 8.35. The highest BCUT2D eigenvalue weighted by Crippen LogP contribution is 2.31. The van der Waals surface area contributed by atoms with Crippen molar-refractivity contribution in [3.63, 3.8) is 0 Å². The number of alkyl halides is 3. The van der Waals surface area contributed by atoms with Gasteiger partial charge in [0.25, 0.3) is 0 Å². The number of anilines is 2. The predicted molar refractivity (Wildman–Crippen MR) is 96.7 cm³/mol. The van der Waals surface area contributed by atoms with Crippen LogP contribution in [0.3, 0.4) is 0 Å². The minimum Gasteiger partial charge on any atom is -0.465 e. The van der Waals surface area contributed by atoms with Crippen LogP contribution in [0.4, 0.5) is 29.2 Å². The molecular weight excluding hydrogens is 410 g/mol. The maximum absolute atomic E-state index is 14.2. The summed E-state index contributed by atoms with van der Waals surface area (Å²) in [7, 11) is 2.71. The fourth-order valence-electron chi connectivity index (χ4n) is 2.55. The lowest BCUT2D eigenvalue weighted by molar-refractivity contribution is -0.274. The number of halogens is 4. The van der Waals surface area contributed by atoms with Crippen LogP contribution >= 0.6 is 0 Å². The van der Waals surface area contributed by atoms with Crippen molar-refractivity contribution in [2.75, 3.05) is 12.4 Å². The highest BCUT2D eigenvalue weighted by atomic mass is 19.4. The van der Waals surface area contributed by atoms with Crippen LogP contribution in [0.25, 0.3) is 11.4 Å². The third kappa shape index (κ3) is 4.47. The van der Waals surface area contributed by atoms with Crippen molar-refractivity contribution >= 4 is 17.6 Å². The predicted octanol–water partition coefficient (Wildman–Crippen LogP) is 3.75. The standard InChI is InChI=1S/C18H15F4N5O3/c1-9-23-8-13(27(9)2)15-12(19)7-24-17(26-15)25-10-4-5-11(16(28)29-3)14(6-10)30-18(20,21)22/h4-8H,1-3H3,(H,24,25,26). The molecule has 8 nitrogen and oxygen atoms in total. The molecule has 0 saturated heterocycles. The number of ether oxygens (including phenoxy) is 2. The molecule has 0 spiro atoms. The first-order chi connectivity index (χ1) is 14.1. The lowest BCUT2D eigenvalue weighted by Crippen LogP contribution is -2.19. The first kappa shape index (κ1) is 21.0. The van der Waals surface area contributed by atoms with Gasteiger partial charge in [-0.3, -0.25) is 0 Å². The summed E-state index contributed by atoms with van der Waals surface area (Å²) in [5.74, 6) is -1.94. The largest absolute Gasteiger partial charge is 0.573 e. The molecule has 0 atom stereocenters. The molecule has 1 aromatic carbocycles. The normalized spacial score (nSPS) is 11.3. The highest BCUT2D eigenvalue weighted by Gasteiger charge is 2.33. The Hall–Kier alpha value is -3.70. The molecule has 3 rings (SSSR count). The fraction of sp³-hybridized carbons (Fsp3) is 0.222. The number of hydrogen-bond donors (Lipinski definition) is 1. The van der Waals surface area contributed by atoms with Gasteiger partial charge in [0, 0.05) is 18.8 Å². The van der Waals surface area contributed by atoms with Crippen LogP contribution in [-0.2, 0) is 11.8 Å². The third-order valence-corrected chi connectivity index (χ3v) is 4.08. The summed E-state index contributed by atoms with van der Waals surface area (Å²) in [6, 6.07) is 3.32. The number of aryl methyl sites for hydroxylation is 1. The average Bonchev–Trinajstić information content (AvgIpc) is 3.00. The molecule has 30 heavy (non-hydrogen) atoms. The van der Waals surface area contributed by atoms with Gasteiger partial charge in [0.05, 0.1) is 25.2 Å². The second kappa shape index (κ2) is 7.97. The Bertz CT molecular complexity index is 1100. The zero-order valence-electron chi connectivity index (χ0n) is 15.9.